The lowest BCUT2D eigenvalue weighted by Crippen LogP contribution is -2.32. The van der Waals surface area contributed by atoms with Gasteiger partial charge in [-0.15, -0.1) is 11.8 Å². The number of rotatable bonds is 7. The Kier molecular flexibility index (Phi) is 6.39. The summed E-state index contributed by atoms with van der Waals surface area (Å²) in [5.74, 6) is 0.260. The van der Waals surface area contributed by atoms with Crippen LogP contribution < -0.4 is 20.5 Å². The van der Waals surface area contributed by atoms with E-state index < -0.39 is 11.5 Å². The lowest BCUT2D eigenvalue weighted by Gasteiger charge is -2.11. The van der Waals surface area contributed by atoms with Crippen molar-refractivity contribution in [3.63, 3.8) is 0 Å². The zero-order valence-corrected chi connectivity index (χ0v) is 16.4. The molecule has 1 N–H and O–H groups in total. The first-order valence-corrected chi connectivity index (χ1v) is 9.76. The van der Waals surface area contributed by atoms with Crippen molar-refractivity contribution in [3.8, 4) is 5.75 Å². The van der Waals surface area contributed by atoms with Crippen LogP contribution in [-0.4, -0.2) is 24.0 Å². The highest BCUT2D eigenvalue weighted by Gasteiger charge is 2.13. The first-order chi connectivity index (χ1) is 13.6. The van der Waals surface area contributed by atoms with E-state index in [4.69, 9.17) is 9.57 Å². The third-order valence-corrected chi connectivity index (χ3v) is 4.74. The summed E-state index contributed by atoms with van der Waals surface area (Å²) in [7, 11) is 1.60. The van der Waals surface area contributed by atoms with Crippen LogP contribution >= 0.6 is 11.8 Å². The molecule has 1 amide bonds. The molecule has 0 aliphatic heterocycles. The van der Waals surface area contributed by atoms with E-state index in [0.717, 1.165) is 20.9 Å². The van der Waals surface area contributed by atoms with Crippen LogP contribution in [0.25, 0.3) is 0 Å². The highest BCUT2D eigenvalue weighted by Crippen LogP contribution is 2.19. The van der Waals surface area contributed by atoms with Crippen molar-refractivity contribution in [1.29, 1.82) is 0 Å². The van der Waals surface area contributed by atoms with E-state index in [9.17, 15) is 9.59 Å². The molecule has 6 nitrogen and oxygen atoms in total. The van der Waals surface area contributed by atoms with Gasteiger partial charge in [-0.05, 0) is 54.3 Å². The number of benzene rings is 2. The van der Waals surface area contributed by atoms with Crippen LogP contribution in [0.5, 0.6) is 5.75 Å². The predicted molar refractivity (Wildman–Crippen MR) is 110 cm³/mol. The topological polar surface area (TPSA) is 69.6 Å². The number of methoxy groups -OCH3 is 1. The number of carbonyl (C=O) groups is 1. The van der Waals surface area contributed by atoms with E-state index in [2.05, 4.69) is 5.32 Å². The second-order valence-electron chi connectivity index (χ2n) is 5.86. The molecule has 0 aliphatic rings. The summed E-state index contributed by atoms with van der Waals surface area (Å²) < 4.78 is 6.18. The van der Waals surface area contributed by atoms with Gasteiger partial charge in [0.1, 0.15) is 17.9 Å². The molecule has 28 heavy (non-hydrogen) atoms. The quantitative estimate of drug-likeness (QED) is 0.620. The maximum atomic E-state index is 12.6. The fourth-order valence-corrected chi connectivity index (χ4v) is 2.97. The molecule has 0 spiro atoms. The number of ether oxygens (including phenoxy) is 1. The Labute approximate surface area is 167 Å². The van der Waals surface area contributed by atoms with Crippen molar-refractivity contribution in [2.45, 2.75) is 11.5 Å². The molecule has 0 saturated heterocycles. The number of thioether (sulfide) groups is 1. The van der Waals surface area contributed by atoms with E-state index in [1.807, 2.05) is 48.7 Å². The van der Waals surface area contributed by atoms with Crippen LogP contribution in [0.4, 0.5) is 5.69 Å². The second-order valence-corrected chi connectivity index (χ2v) is 6.74. The molecule has 3 aromatic rings. The minimum absolute atomic E-state index is 0.00628. The van der Waals surface area contributed by atoms with Gasteiger partial charge >= 0.3 is 0 Å². The fraction of sp³-hybridized carbons (Fsp3) is 0.143. The van der Waals surface area contributed by atoms with Crippen molar-refractivity contribution in [2.75, 3.05) is 18.7 Å². The van der Waals surface area contributed by atoms with Gasteiger partial charge in [-0.3, -0.25) is 9.59 Å². The molecule has 0 unspecified atom stereocenters. The van der Waals surface area contributed by atoms with Crippen molar-refractivity contribution in [3.05, 3.63) is 88.3 Å². The minimum Gasteiger partial charge on any atom is -0.497 e. The van der Waals surface area contributed by atoms with Crippen LogP contribution in [0, 0.1) is 0 Å². The number of hydrogen-bond donors (Lipinski definition) is 1. The SMILES string of the molecule is COc1ccc(COn2cccc(C(=O)Nc3cccc(SC)c3)c2=O)cc1. The summed E-state index contributed by atoms with van der Waals surface area (Å²) >= 11 is 1.57. The van der Waals surface area contributed by atoms with Crippen molar-refractivity contribution in [1.82, 2.24) is 4.73 Å². The molecule has 1 heterocycles. The average molecular weight is 396 g/mol. The number of nitrogens with one attached hydrogen (secondary N) is 1. The van der Waals surface area contributed by atoms with Gasteiger partial charge in [0.05, 0.1) is 7.11 Å². The Morgan fingerprint density at radius 3 is 2.61 bits per heavy atom. The molecule has 0 fully saturated rings. The number of amides is 1. The van der Waals surface area contributed by atoms with E-state index in [1.165, 1.54) is 12.3 Å². The summed E-state index contributed by atoms with van der Waals surface area (Å²) in [4.78, 5) is 31.7. The maximum Gasteiger partial charge on any atom is 0.295 e. The zero-order valence-electron chi connectivity index (χ0n) is 15.5. The lowest BCUT2D eigenvalue weighted by molar-refractivity contribution is 0.0863. The van der Waals surface area contributed by atoms with Gasteiger partial charge < -0.3 is 14.9 Å². The van der Waals surface area contributed by atoms with Crippen molar-refractivity contribution < 1.29 is 14.4 Å². The van der Waals surface area contributed by atoms with Gasteiger partial charge in [-0.25, -0.2) is 0 Å². The summed E-state index contributed by atoms with van der Waals surface area (Å²) in [6.07, 6.45) is 3.44. The lowest BCUT2D eigenvalue weighted by atomic mass is 10.2. The fourth-order valence-electron chi connectivity index (χ4n) is 2.51. The van der Waals surface area contributed by atoms with Crippen LogP contribution in [0.1, 0.15) is 15.9 Å². The molecule has 144 valence electrons. The number of nitrogens with zero attached hydrogens (tertiary/aromatic N) is 1. The molecule has 7 heteroatoms. The third-order valence-electron chi connectivity index (χ3n) is 4.02. The number of anilines is 1. The second kappa shape index (κ2) is 9.14. The molecule has 0 aliphatic carbocycles. The van der Waals surface area contributed by atoms with Crippen LogP contribution in [-0.2, 0) is 6.61 Å². The summed E-state index contributed by atoms with van der Waals surface area (Å²) in [6, 6.07) is 17.8. The average Bonchev–Trinajstić information content (AvgIpc) is 2.73. The first kappa shape index (κ1) is 19.6. The van der Waals surface area contributed by atoms with E-state index in [-0.39, 0.29) is 12.2 Å². The van der Waals surface area contributed by atoms with E-state index in [0.29, 0.717) is 5.69 Å². The van der Waals surface area contributed by atoms with Crippen molar-refractivity contribution in [2.24, 2.45) is 0 Å². The van der Waals surface area contributed by atoms with E-state index in [1.54, 1.807) is 31.0 Å². The molecule has 3 rings (SSSR count). The Bertz CT molecular complexity index is 1020. The standard InChI is InChI=1S/C21H20N2O4S/c1-26-17-10-8-15(9-11-17)14-27-23-12-4-7-19(21(23)25)20(24)22-16-5-3-6-18(13-16)28-2/h3-13H,14H2,1-2H3,(H,22,24). The molecule has 0 atom stereocenters. The van der Waals surface area contributed by atoms with Gasteiger partial charge in [0.15, 0.2) is 0 Å². The number of aromatic nitrogens is 1. The van der Waals surface area contributed by atoms with Gasteiger partial charge in [-0.1, -0.05) is 18.2 Å². The van der Waals surface area contributed by atoms with Gasteiger partial charge in [0.2, 0.25) is 0 Å². The van der Waals surface area contributed by atoms with Gasteiger partial charge in [-0.2, -0.15) is 4.73 Å². The summed E-state index contributed by atoms with van der Waals surface area (Å²) in [5.41, 5.74) is 0.989. The highest BCUT2D eigenvalue weighted by molar-refractivity contribution is 7.98. The highest BCUT2D eigenvalue weighted by atomic mass is 32.2. The monoisotopic (exact) mass is 396 g/mol. The van der Waals surface area contributed by atoms with Crippen LogP contribution in [0.15, 0.2) is 76.6 Å². The molecular weight excluding hydrogens is 376 g/mol. The minimum atomic E-state index is -0.519. The van der Waals surface area contributed by atoms with Gasteiger partial charge in [0, 0.05) is 16.8 Å². The van der Waals surface area contributed by atoms with Gasteiger partial charge in [0.25, 0.3) is 11.5 Å². The smallest absolute Gasteiger partial charge is 0.295 e. The summed E-state index contributed by atoms with van der Waals surface area (Å²) in [6.45, 7) is 0.185. The Morgan fingerprint density at radius 1 is 1.11 bits per heavy atom. The Balaban J connectivity index is 1.72. The Hall–Kier alpha value is -3.19. The maximum absolute atomic E-state index is 12.6. The van der Waals surface area contributed by atoms with Crippen molar-refractivity contribution >= 4 is 23.4 Å². The third kappa shape index (κ3) is 4.75. The zero-order chi connectivity index (χ0) is 19.9. The first-order valence-electron chi connectivity index (χ1n) is 8.54. The molecule has 0 saturated carbocycles. The predicted octanol–water partition coefficient (Wildman–Crippen LogP) is 3.46. The largest absolute Gasteiger partial charge is 0.497 e. The number of hydrogen-bond acceptors (Lipinski definition) is 5. The Morgan fingerprint density at radius 2 is 1.89 bits per heavy atom. The van der Waals surface area contributed by atoms with E-state index >= 15 is 0 Å². The molecular formula is C21H20N2O4S. The van der Waals surface area contributed by atoms with Crippen LogP contribution in [0.3, 0.4) is 0 Å². The number of pyridine rings is 1. The number of carbonyl (C=O) groups excluding carboxylic acids is 1. The summed E-state index contributed by atoms with van der Waals surface area (Å²) in [5, 5.41) is 2.75. The normalized spacial score (nSPS) is 10.4. The molecule has 0 radical (unpaired) electrons. The molecule has 2 aromatic carbocycles. The van der Waals surface area contributed by atoms with Crippen LogP contribution in [0.2, 0.25) is 0 Å². The molecule has 0 bridgehead atoms. The molecule has 1 aromatic heterocycles.